The highest BCUT2D eigenvalue weighted by atomic mass is 79.9. The number of thiophene rings is 1. The normalized spacial score (nSPS) is 12.0. The fourth-order valence-electron chi connectivity index (χ4n) is 1.63. The highest BCUT2D eigenvalue weighted by Gasteiger charge is 2.21. The van der Waals surface area contributed by atoms with Crippen molar-refractivity contribution in [3.8, 4) is 0 Å². The van der Waals surface area contributed by atoms with Gasteiger partial charge in [-0.1, -0.05) is 13.8 Å². The fourth-order valence-corrected chi connectivity index (χ4v) is 3.10. The molecule has 1 rings (SSSR count). The molecule has 0 fully saturated rings. The molecule has 2 amide bonds. The number of carboxylic acid groups (broad SMARTS) is 1. The number of hydrogen-bond acceptors (Lipinski definition) is 4. The lowest BCUT2D eigenvalue weighted by Crippen LogP contribution is -2.46. The first-order valence-electron chi connectivity index (χ1n) is 6.34. The minimum absolute atomic E-state index is 0.142. The van der Waals surface area contributed by atoms with E-state index in [9.17, 15) is 14.4 Å². The summed E-state index contributed by atoms with van der Waals surface area (Å²) in [6, 6.07) is 0.797. The van der Waals surface area contributed by atoms with Crippen LogP contribution in [-0.4, -0.2) is 35.5 Å². The molecule has 1 heterocycles. The third kappa shape index (κ3) is 5.84. The Morgan fingerprint density at radius 3 is 2.52 bits per heavy atom. The number of carbonyl (C=O) groups is 3. The molecule has 0 unspecified atom stereocenters. The van der Waals surface area contributed by atoms with Crippen LogP contribution in [0.25, 0.3) is 0 Å². The van der Waals surface area contributed by atoms with Gasteiger partial charge >= 0.3 is 5.97 Å². The number of rotatable bonds is 7. The summed E-state index contributed by atoms with van der Waals surface area (Å²) in [7, 11) is 0. The second kappa shape index (κ2) is 8.14. The summed E-state index contributed by atoms with van der Waals surface area (Å²) in [5, 5.41) is 15.6. The maximum absolute atomic E-state index is 11.8. The molecule has 0 spiro atoms. The molecule has 0 bridgehead atoms. The van der Waals surface area contributed by atoms with Crippen LogP contribution in [0.3, 0.4) is 0 Å². The summed E-state index contributed by atoms with van der Waals surface area (Å²) in [4.78, 5) is 35.0. The molecule has 0 aliphatic rings. The molecule has 3 N–H and O–H groups in total. The van der Waals surface area contributed by atoms with Gasteiger partial charge in [-0.2, -0.15) is 0 Å². The first-order chi connectivity index (χ1) is 9.81. The smallest absolute Gasteiger partial charge is 0.326 e. The Bertz CT molecular complexity index is 530. The maximum atomic E-state index is 11.8. The van der Waals surface area contributed by atoms with Crippen LogP contribution >= 0.6 is 27.3 Å². The van der Waals surface area contributed by atoms with Crippen LogP contribution in [0.2, 0.25) is 0 Å². The quantitative estimate of drug-likeness (QED) is 0.676. The van der Waals surface area contributed by atoms with Gasteiger partial charge in [-0.15, -0.1) is 11.3 Å². The minimum atomic E-state index is -1.08. The Balaban J connectivity index is 2.48. The average molecular weight is 377 g/mol. The van der Waals surface area contributed by atoms with E-state index in [2.05, 4.69) is 26.6 Å². The maximum Gasteiger partial charge on any atom is 0.326 e. The molecule has 0 saturated heterocycles. The number of carboxylic acids is 1. The number of halogens is 1. The Morgan fingerprint density at radius 2 is 2.05 bits per heavy atom. The van der Waals surface area contributed by atoms with Gasteiger partial charge < -0.3 is 15.7 Å². The molecular weight excluding hydrogens is 360 g/mol. The number of hydrogen-bond donors (Lipinski definition) is 3. The number of nitrogens with one attached hydrogen (secondary N) is 2. The van der Waals surface area contributed by atoms with E-state index in [1.165, 1.54) is 11.3 Å². The predicted octanol–water partition coefficient (Wildman–Crippen LogP) is 1.86. The van der Waals surface area contributed by atoms with Crippen molar-refractivity contribution in [1.82, 2.24) is 10.6 Å². The van der Waals surface area contributed by atoms with Crippen LogP contribution in [0.5, 0.6) is 0 Å². The van der Waals surface area contributed by atoms with Crippen molar-refractivity contribution in [3.63, 3.8) is 0 Å². The van der Waals surface area contributed by atoms with Crippen LogP contribution in [0, 0.1) is 5.92 Å². The number of amides is 2. The van der Waals surface area contributed by atoms with Crippen molar-refractivity contribution < 1.29 is 19.5 Å². The second-order valence-electron chi connectivity index (χ2n) is 4.87. The summed E-state index contributed by atoms with van der Waals surface area (Å²) in [6.07, 6.45) is 0.339. The molecule has 0 aromatic carbocycles. The third-order valence-electron chi connectivity index (χ3n) is 2.57. The molecule has 21 heavy (non-hydrogen) atoms. The van der Waals surface area contributed by atoms with Crippen LogP contribution in [-0.2, 0) is 9.59 Å². The van der Waals surface area contributed by atoms with Crippen molar-refractivity contribution in [3.05, 3.63) is 20.8 Å². The van der Waals surface area contributed by atoms with E-state index in [0.29, 0.717) is 15.8 Å². The van der Waals surface area contributed by atoms with Crippen molar-refractivity contribution in [2.75, 3.05) is 6.54 Å². The van der Waals surface area contributed by atoms with E-state index < -0.39 is 17.9 Å². The van der Waals surface area contributed by atoms with Gasteiger partial charge in [-0.05, 0) is 39.7 Å². The van der Waals surface area contributed by atoms with E-state index in [1.807, 2.05) is 13.8 Å². The van der Waals surface area contributed by atoms with Gasteiger partial charge in [0.05, 0.1) is 6.54 Å². The SMILES string of the molecule is CC(C)C[C@H](NC(=O)CNC(=O)c1sccc1Br)C(=O)O. The molecule has 116 valence electrons. The molecule has 1 aromatic heterocycles. The van der Waals surface area contributed by atoms with Crippen molar-refractivity contribution in [2.24, 2.45) is 5.92 Å². The highest BCUT2D eigenvalue weighted by molar-refractivity contribution is 9.10. The largest absolute Gasteiger partial charge is 0.480 e. The molecule has 6 nitrogen and oxygen atoms in total. The van der Waals surface area contributed by atoms with E-state index in [-0.39, 0.29) is 18.4 Å². The van der Waals surface area contributed by atoms with Crippen LogP contribution < -0.4 is 10.6 Å². The topological polar surface area (TPSA) is 95.5 Å². The lowest BCUT2D eigenvalue weighted by atomic mass is 10.0. The van der Waals surface area contributed by atoms with Crippen LogP contribution in [0.1, 0.15) is 29.9 Å². The van der Waals surface area contributed by atoms with Gasteiger partial charge in [0.15, 0.2) is 0 Å². The van der Waals surface area contributed by atoms with Crippen LogP contribution in [0.4, 0.5) is 0 Å². The summed E-state index contributed by atoms with van der Waals surface area (Å²) >= 11 is 4.48. The lowest BCUT2D eigenvalue weighted by molar-refractivity contribution is -0.142. The summed E-state index contributed by atoms with van der Waals surface area (Å²) in [5.41, 5.74) is 0. The van der Waals surface area contributed by atoms with Gasteiger partial charge in [0.2, 0.25) is 5.91 Å². The molecular formula is C13H17BrN2O4S. The molecule has 0 saturated carbocycles. The monoisotopic (exact) mass is 376 g/mol. The second-order valence-corrected chi connectivity index (χ2v) is 6.64. The average Bonchev–Trinajstić information content (AvgIpc) is 2.81. The molecule has 0 aliphatic carbocycles. The van der Waals surface area contributed by atoms with Crippen molar-refractivity contribution >= 4 is 45.1 Å². The Kier molecular flexibility index (Phi) is 6.83. The molecule has 1 atom stereocenters. The number of carbonyl (C=O) groups excluding carboxylic acids is 2. The fraction of sp³-hybridized carbons (Fsp3) is 0.462. The standard InChI is InChI=1S/C13H17BrN2O4S/c1-7(2)5-9(13(19)20)16-10(17)6-15-12(18)11-8(14)3-4-21-11/h3-4,7,9H,5-6H2,1-2H3,(H,15,18)(H,16,17)(H,19,20)/t9-/m0/s1. The molecule has 0 aliphatic heterocycles. The van der Waals surface area contributed by atoms with Gasteiger partial charge in [0.1, 0.15) is 10.9 Å². The first kappa shape index (κ1) is 17.6. The van der Waals surface area contributed by atoms with Crippen LogP contribution in [0.15, 0.2) is 15.9 Å². The zero-order chi connectivity index (χ0) is 16.0. The number of aliphatic carboxylic acids is 1. The van der Waals surface area contributed by atoms with E-state index in [4.69, 9.17) is 5.11 Å². The zero-order valence-corrected chi connectivity index (χ0v) is 14.1. The molecule has 0 radical (unpaired) electrons. The lowest BCUT2D eigenvalue weighted by Gasteiger charge is -2.16. The van der Waals surface area contributed by atoms with Crippen molar-refractivity contribution in [2.45, 2.75) is 26.3 Å². The van der Waals surface area contributed by atoms with Gasteiger partial charge in [-0.25, -0.2) is 4.79 Å². The van der Waals surface area contributed by atoms with E-state index in [1.54, 1.807) is 11.4 Å². The van der Waals surface area contributed by atoms with Crippen molar-refractivity contribution in [1.29, 1.82) is 0 Å². The first-order valence-corrected chi connectivity index (χ1v) is 8.02. The Labute approximate surface area is 135 Å². The van der Waals surface area contributed by atoms with Gasteiger partial charge in [0.25, 0.3) is 5.91 Å². The van der Waals surface area contributed by atoms with E-state index >= 15 is 0 Å². The zero-order valence-electron chi connectivity index (χ0n) is 11.7. The minimum Gasteiger partial charge on any atom is -0.480 e. The Hall–Kier alpha value is -1.41. The summed E-state index contributed by atoms with van der Waals surface area (Å²) in [5.74, 6) is -1.83. The molecule has 1 aromatic rings. The van der Waals surface area contributed by atoms with Gasteiger partial charge in [-0.3, -0.25) is 9.59 Å². The summed E-state index contributed by atoms with van der Waals surface area (Å²) < 4.78 is 0.661. The molecule has 8 heteroatoms. The van der Waals surface area contributed by atoms with Gasteiger partial charge in [0, 0.05) is 4.47 Å². The highest BCUT2D eigenvalue weighted by Crippen LogP contribution is 2.22. The predicted molar refractivity (Wildman–Crippen MR) is 83.4 cm³/mol. The third-order valence-corrected chi connectivity index (χ3v) is 4.41. The summed E-state index contributed by atoms with van der Waals surface area (Å²) in [6.45, 7) is 3.49. The Morgan fingerprint density at radius 1 is 1.38 bits per heavy atom. The van der Waals surface area contributed by atoms with E-state index in [0.717, 1.165) is 0 Å².